The number of thiophene rings is 1. The Morgan fingerprint density at radius 2 is 2.07 bits per heavy atom. The zero-order valence-corrected chi connectivity index (χ0v) is 10.4. The van der Waals surface area contributed by atoms with Crippen molar-refractivity contribution in [1.82, 2.24) is 0 Å². The largest absolute Gasteiger partial charge is 0.328 e. The normalized spacial score (nSPS) is 20.4. The van der Waals surface area contributed by atoms with Crippen LogP contribution in [-0.2, 0) is 6.42 Å². The van der Waals surface area contributed by atoms with E-state index in [1.54, 1.807) is 4.88 Å². The van der Waals surface area contributed by atoms with Gasteiger partial charge >= 0.3 is 0 Å². The summed E-state index contributed by atoms with van der Waals surface area (Å²) in [6.45, 7) is 2.08. The second-order valence-electron chi connectivity index (χ2n) is 4.82. The van der Waals surface area contributed by atoms with Gasteiger partial charge in [0.1, 0.15) is 0 Å². The van der Waals surface area contributed by atoms with Crippen LogP contribution in [0, 0.1) is 0 Å². The van der Waals surface area contributed by atoms with Crippen molar-refractivity contribution in [2.24, 2.45) is 5.73 Å². The number of hydrogen-bond donors (Lipinski definition) is 1. The van der Waals surface area contributed by atoms with Gasteiger partial charge in [0.2, 0.25) is 0 Å². The predicted molar refractivity (Wildman–Crippen MR) is 67.5 cm³/mol. The van der Waals surface area contributed by atoms with Crippen molar-refractivity contribution >= 4 is 11.3 Å². The van der Waals surface area contributed by atoms with E-state index in [9.17, 15) is 0 Å². The van der Waals surface area contributed by atoms with Crippen molar-refractivity contribution in [1.29, 1.82) is 0 Å². The Morgan fingerprint density at radius 3 is 2.73 bits per heavy atom. The summed E-state index contributed by atoms with van der Waals surface area (Å²) in [5.74, 6) is 0.852. The molecule has 1 unspecified atom stereocenters. The van der Waals surface area contributed by atoms with E-state index in [2.05, 4.69) is 19.1 Å². The predicted octanol–water partition coefficient (Wildman–Crippen LogP) is 3.69. The minimum absolute atomic E-state index is 0.294. The third-order valence-electron chi connectivity index (χ3n) is 3.21. The SMILES string of the molecule is CC(N)Cc1ccc(C2CCCCC2)s1. The molecule has 1 aliphatic rings. The molecule has 1 aromatic heterocycles. The molecule has 0 radical (unpaired) electrons. The summed E-state index contributed by atoms with van der Waals surface area (Å²) in [5, 5.41) is 0. The van der Waals surface area contributed by atoms with Gasteiger partial charge in [-0.1, -0.05) is 19.3 Å². The molecule has 2 N–H and O–H groups in total. The zero-order valence-electron chi connectivity index (χ0n) is 9.54. The first-order chi connectivity index (χ1) is 7.25. The Bertz CT molecular complexity index is 297. The van der Waals surface area contributed by atoms with Crippen molar-refractivity contribution in [2.45, 2.75) is 57.4 Å². The fraction of sp³-hybridized carbons (Fsp3) is 0.692. The molecule has 0 amide bonds. The van der Waals surface area contributed by atoms with Gasteiger partial charge in [0, 0.05) is 15.8 Å². The van der Waals surface area contributed by atoms with Gasteiger partial charge < -0.3 is 5.73 Å². The molecule has 1 heterocycles. The average molecular weight is 223 g/mol. The standard InChI is InChI=1S/C13H21NS/c1-10(14)9-12-7-8-13(15-12)11-5-3-2-4-6-11/h7-8,10-11H,2-6,9,14H2,1H3. The monoisotopic (exact) mass is 223 g/mol. The summed E-state index contributed by atoms with van der Waals surface area (Å²) in [7, 11) is 0. The molecule has 2 heteroatoms. The van der Waals surface area contributed by atoms with E-state index >= 15 is 0 Å². The van der Waals surface area contributed by atoms with Crippen molar-refractivity contribution in [3.05, 3.63) is 21.9 Å². The van der Waals surface area contributed by atoms with E-state index in [1.165, 1.54) is 37.0 Å². The van der Waals surface area contributed by atoms with Crippen LogP contribution in [0.15, 0.2) is 12.1 Å². The topological polar surface area (TPSA) is 26.0 Å². The number of hydrogen-bond acceptors (Lipinski definition) is 2. The first-order valence-corrected chi connectivity index (χ1v) is 6.91. The average Bonchev–Trinajstić information content (AvgIpc) is 2.67. The van der Waals surface area contributed by atoms with E-state index in [1.807, 2.05) is 11.3 Å². The molecule has 1 atom stereocenters. The first-order valence-electron chi connectivity index (χ1n) is 6.10. The molecule has 84 valence electrons. The summed E-state index contributed by atoms with van der Waals surface area (Å²) in [5.41, 5.74) is 5.82. The molecule has 0 saturated heterocycles. The lowest BCUT2D eigenvalue weighted by Gasteiger charge is -2.20. The van der Waals surface area contributed by atoms with E-state index in [0.717, 1.165) is 12.3 Å². The molecule has 1 aromatic rings. The lowest BCUT2D eigenvalue weighted by Crippen LogP contribution is -2.16. The van der Waals surface area contributed by atoms with Crippen molar-refractivity contribution in [2.75, 3.05) is 0 Å². The number of nitrogens with two attached hydrogens (primary N) is 1. The Labute approximate surface area is 96.7 Å². The summed E-state index contributed by atoms with van der Waals surface area (Å²) < 4.78 is 0. The lowest BCUT2D eigenvalue weighted by molar-refractivity contribution is 0.448. The third-order valence-corrected chi connectivity index (χ3v) is 4.48. The highest BCUT2D eigenvalue weighted by molar-refractivity contribution is 7.12. The fourth-order valence-corrected chi connectivity index (χ4v) is 3.75. The minimum Gasteiger partial charge on any atom is -0.328 e. The summed E-state index contributed by atoms with van der Waals surface area (Å²) in [6.07, 6.45) is 8.12. The molecule has 0 spiro atoms. The smallest absolute Gasteiger partial charge is 0.00791 e. The van der Waals surface area contributed by atoms with Crippen LogP contribution in [0.5, 0.6) is 0 Å². The van der Waals surface area contributed by atoms with E-state index in [4.69, 9.17) is 5.73 Å². The van der Waals surface area contributed by atoms with Crippen LogP contribution in [0.3, 0.4) is 0 Å². The first kappa shape index (κ1) is 11.2. The Hall–Kier alpha value is -0.340. The molecule has 0 aromatic carbocycles. The van der Waals surface area contributed by atoms with Gasteiger partial charge in [0.25, 0.3) is 0 Å². The molecule has 0 bridgehead atoms. The van der Waals surface area contributed by atoms with Crippen molar-refractivity contribution < 1.29 is 0 Å². The summed E-state index contributed by atoms with van der Waals surface area (Å²) >= 11 is 1.99. The highest BCUT2D eigenvalue weighted by Gasteiger charge is 2.17. The van der Waals surface area contributed by atoms with Gasteiger partial charge in [-0.2, -0.15) is 0 Å². The van der Waals surface area contributed by atoms with Crippen LogP contribution in [0.4, 0.5) is 0 Å². The van der Waals surface area contributed by atoms with Crippen LogP contribution in [0.2, 0.25) is 0 Å². The second kappa shape index (κ2) is 5.13. The molecule has 15 heavy (non-hydrogen) atoms. The third kappa shape index (κ3) is 3.05. The Morgan fingerprint density at radius 1 is 1.33 bits per heavy atom. The van der Waals surface area contributed by atoms with Gasteiger partial charge in [0.05, 0.1) is 0 Å². The molecule has 2 rings (SSSR count). The molecule has 1 nitrogen and oxygen atoms in total. The molecular weight excluding hydrogens is 202 g/mol. The van der Waals surface area contributed by atoms with Crippen LogP contribution < -0.4 is 5.73 Å². The van der Waals surface area contributed by atoms with Crippen LogP contribution in [0.25, 0.3) is 0 Å². The van der Waals surface area contributed by atoms with Crippen LogP contribution in [0.1, 0.15) is 54.7 Å². The summed E-state index contributed by atoms with van der Waals surface area (Å²) in [6, 6.07) is 4.90. The van der Waals surface area contributed by atoms with Gasteiger partial charge in [-0.25, -0.2) is 0 Å². The van der Waals surface area contributed by atoms with E-state index in [-0.39, 0.29) is 0 Å². The number of rotatable bonds is 3. The highest BCUT2D eigenvalue weighted by Crippen LogP contribution is 2.36. The maximum Gasteiger partial charge on any atom is 0.00791 e. The zero-order chi connectivity index (χ0) is 10.7. The fourth-order valence-electron chi connectivity index (χ4n) is 2.43. The van der Waals surface area contributed by atoms with Gasteiger partial charge in [0.15, 0.2) is 0 Å². The van der Waals surface area contributed by atoms with Crippen LogP contribution in [-0.4, -0.2) is 6.04 Å². The summed E-state index contributed by atoms with van der Waals surface area (Å²) in [4.78, 5) is 3.07. The van der Waals surface area contributed by atoms with E-state index < -0.39 is 0 Å². The lowest BCUT2D eigenvalue weighted by atomic mass is 9.88. The van der Waals surface area contributed by atoms with Crippen LogP contribution >= 0.6 is 11.3 Å². The highest BCUT2D eigenvalue weighted by atomic mass is 32.1. The molecule has 1 fully saturated rings. The van der Waals surface area contributed by atoms with Crippen molar-refractivity contribution in [3.63, 3.8) is 0 Å². The second-order valence-corrected chi connectivity index (χ2v) is 6.02. The molecule has 1 aliphatic carbocycles. The Balaban J connectivity index is 1.99. The maximum absolute atomic E-state index is 5.82. The molecular formula is C13H21NS. The van der Waals surface area contributed by atoms with Gasteiger partial charge in [-0.3, -0.25) is 0 Å². The Kier molecular flexibility index (Phi) is 3.81. The van der Waals surface area contributed by atoms with Gasteiger partial charge in [-0.05, 0) is 44.2 Å². The van der Waals surface area contributed by atoms with Crippen molar-refractivity contribution in [3.8, 4) is 0 Å². The quantitative estimate of drug-likeness (QED) is 0.831. The van der Waals surface area contributed by atoms with Gasteiger partial charge in [-0.15, -0.1) is 11.3 Å². The minimum atomic E-state index is 0.294. The maximum atomic E-state index is 5.82. The van der Waals surface area contributed by atoms with E-state index in [0.29, 0.717) is 6.04 Å². The molecule has 0 aliphatic heterocycles. The molecule has 1 saturated carbocycles.